The van der Waals surface area contributed by atoms with Crippen LogP contribution in [0.2, 0.25) is 5.02 Å². The Morgan fingerprint density at radius 1 is 1.42 bits per heavy atom. The van der Waals surface area contributed by atoms with Crippen LogP contribution in [0, 0.1) is 17.6 Å². The van der Waals surface area contributed by atoms with Crippen LogP contribution in [0.15, 0.2) is 12.1 Å². The number of carbonyl (C=O) groups excluding carboxylic acids is 2. The van der Waals surface area contributed by atoms with Crippen molar-refractivity contribution in [3.05, 3.63) is 28.8 Å². The van der Waals surface area contributed by atoms with Gasteiger partial charge < -0.3 is 10.6 Å². The molecule has 1 fully saturated rings. The standard InChI is InChI=1S/C12H11ClF2N2O2/c13-8-3-7(14)4-9(15)11(8)17-12(19)6-1-2-10(18)16-5-6/h3-4,6H,1-2,5H2,(H,16,18)(H,17,19). The summed E-state index contributed by atoms with van der Waals surface area (Å²) < 4.78 is 26.4. The molecule has 0 spiro atoms. The summed E-state index contributed by atoms with van der Waals surface area (Å²) in [6.07, 6.45) is 0.635. The second kappa shape index (κ2) is 5.52. The van der Waals surface area contributed by atoms with Gasteiger partial charge in [-0.25, -0.2) is 8.78 Å². The first-order valence-electron chi connectivity index (χ1n) is 5.69. The Balaban J connectivity index is 2.09. The predicted molar refractivity (Wildman–Crippen MR) is 65.7 cm³/mol. The van der Waals surface area contributed by atoms with Crippen molar-refractivity contribution in [3.8, 4) is 0 Å². The number of piperidine rings is 1. The lowest BCUT2D eigenvalue weighted by Crippen LogP contribution is -2.40. The van der Waals surface area contributed by atoms with Gasteiger partial charge in [-0.1, -0.05) is 11.6 Å². The second-order valence-electron chi connectivity index (χ2n) is 4.27. The highest BCUT2D eigenvalue weighted by atomic mass is 35.5. The van der Waals surface area contributed by atoms with E-state index in [1.54, 1.807) is 0 Å². The van der Waals surface area contributed by atoms with Crippen molar-refractivity contribution in [2.45, 2.75) is 12.8 Å². The number of anilines is 1. The summed E-state index contributed by atoms with van der Waals surface area (Å²) in [7, 11) is 0. The minimum atomic E-state index is -0.932. The van der Waals surface area contributed by atoms with Gasteiger partial charge in [-0.05, 0) is 12.5 Å². The van der Waals surface area contributed by atoms with Gasteiger partial charge in [-0.3, -0.25) is 9.59 Å². The van der Waals surface area contributed by atoms with Gasteiger partial charge in [0, 0.05) is 19.0 Å². The summed E-state index contributed by atoms with van der Waals surface area (Å²) in [5, 5.41) is 4.67. The highest BCUT2D eigenvalue weighted by molar-refractivity contribution is 6.33. The van der Waals surface area contributed by atoms with Crippen LogP contribution in [0.3, 0.4) is 0 Å². The van der Waals surface area contributed by atoms with Crippen molar-refractivity contribution in [2.75, 3.05) is 11.9 Å². The molecule has 0 bridgehead atoms. The molecule has 1 saturated heterocycles. The van der Waals surface area contributed by atoms with Gasteiger partial charge in [0.1, 0.15) is 5.82 Å². The molecule has 1 aromatic carbocycles. The van der Waals surface area contributed by atoms with Crippen LogP contribution in [-0.4, -0.2) is 18.4 Å². The fraction of sp³-hybridized carbons (Fsp3) is 0.333. The van der Waals surface area contributed by atoms with Crippen LogP contribution in [-0.2, 0) is 9.59 Å². The first-order valence-corrected chi connectivity index (χ1v) is 6.07. The minimum absolute atomic E-state index is 0.116. The van der Waals surface area contributed by atoms with E-state index in [0.717, 1.165) is 6.07 Å². The molecule has 19 heavy (non-hydrogen) atoms. The third kappa shape index (κ3) is 3.20. The normalized spacial score (nSPS) is 18.9. The fourth-order valence-corrected chi connectivity index (χ4v) is 2.09. The Morgan fingerprint density at radius 2 is 2.16 bits per heavy atom. The molecular weight excluding hydrogens is 278 g/mol. The third-order valence-corrected chi connectivity index (χ3v) is 3.19. The number of hydrogen-bond acceptors (Lipinski definition) is 2. The summed E-state index contributed by atoms with van der Waals surface area (Å²) in [6.45, 7) is 0.200. The van der Waals surface area contributed by atoms with Gasteiger partial charge in [-0.2, -0.15) is 0 Å². The number of hydrogen-bond donors (Lipinski definition) is 2. The van der Waals surface area contributed by atoms with E-state index in [-0.39, 0.29) is 29.6 Å². The summed E-state index contributed by atoms with van der Waals surface area (Å²) >= 11 is 5.68. The number of halogens is 3. The summed E-state index contributed by atoms with van der Waals surface area (Å²) in [5.41, 5.74) is -0.245. The molecule has 1 aliphatic heterocycles. The van der Waals surface area contributed by atoms with Crippen LogP contribution < -0.4 is 10.6 Å². The topological polar surface area (TPSA) is 58.2 Å². The van der Waals surface area contributed by atoms with Gasteiger partial charge in [0.25, 0.3) is 0 Å². The molecule has 0 aromatic heterocycles. The van der Waals surface area contributed by atoms with Gasteiger partial charge in [0.05, 0.1) is 16.6 Å². The van der Waals surface area contributed by atoms with E-state index >= 15 is 0 Å². The SMILES string of the molecule is O=C1CCC(C(=O)Nc2c(F)cc(F)cc2Cl)CN1. The highest BCUT2D eigenvalue weighted by Crippen LogP contribution is 2.27. The van der Waals surface area contributed by atoms with Gasteiger partial charge >= 0.3 is 0 Å². The third-order valence-electron chi connectivity index (χ3n) is 2.89. The summed E-state index contributed by atoms with van der Waals surface area (Å²) in [5.74, 6) is -2.76. The van der Waals surface area contributed by atoms with Crippen molar-refractivity contribution in [1.82, 2.24) is 5.32 Å². The fourth-order valence-electron chi connectivity index (χ4n) is 1.84. The molecule has 1 aromatic rings. The van der Waals surface area contributed by atoms with E-state index in [2.05, 4.69) is 10.6 Å². The average Bonchev–Trinajstić information content (AvgIpc) is 2.34. The number of rotatable bonds is 2. The van der Waals surface area contributed by atoms with Gasteiger partial charge in [0.15, 0.2) is 5.82 Å². The van der Waals surface area contributed by atoms with E-state index < -0.39 is 23.5 Å². The number of carbonyl (C=O) groups is 2. The van der Waals surface area contributed by atoms with Crippen LogP contribution in [0.25, 0.3) is 0 Å². The lowest BCUT2D eigenvalue weighted by molar-refractivity contribution is -0.126. The molecule has 1 heterocycles. The molecule has 7 heteroatoms. The Hall–Kier alpha value is -1.69. The molecule has 0 saturated carbocycles. The molecular formula is C12H11ClF2N2O2. The first kappa shape index (κ1) is 13.7. The maximum absolute atomic E-state index is 13.5. The monoisotopic (exact) mass is 288 g/mol. The van der Waals surface area contributed by atoms with Crippen LogP contribution >= 0.6 is 11.6 Å². The summed E-state index contributed by atoms with van der Waals surface area (Å²) in [6, 6.07) is 1.56. The second-order valence-corrected chi connectivity index (χ2v) is 4.68. The van der Waals surface area contributed by atoms with Gasteiger partial charge in [-0.15, -0.1) is 0 Å². The number of benzene rings is 1. The number of nitrogens with one attached hydrogen (secondary N) is 2. The largest absolute Gasteiger partial charge is 0.355 e. The number of amides is 2. The van der Waals surface area contributed by atoms with Crippen molar-refractivity contribution >= 4 is 29.1 Å². The quantitative estimate of drug-likeness (QED) is 0.875. The molecule has 102 valence electrons. The Labute approximate surface area is 113 Å². The smallest absolute Gasteiger partial charge is 0.229 e. The summed E-state index contributed by atoms with van der Waals surface area (Å²) in [4.78, 5) is 22.9. The Bertz CT molecular complexity index is 503. The van der Waals surface area contributed by atoms with Crippen molar-refractivity contribution < 1.29 is 18.4 Å². The molecule has 1 atom stereocenters. The average molecular weight is 289 g/mol. The Kier molecular flexibility index (Phi) is 3.99. The van der Waals surface area contributed by atoms with E-state index in [4.69, 9.17) is 11.6 Å². The lowest BCUT2D eigenvalue weighted by Gasteiger charge is -2.22. The first-order chi connectivity index (χ1) is 8.97. The zero-order valence-corrected chi connectivity index (χ0v) is 10.6. The molecule has 2 rings (SSSR count). The van der Waals surface area contributed by atoms with Crippen LogP contribution in [0.4, 0.5) is 14.5 Å². The minimum Gasteiger partial charge on any atom is -0.355 e. The van der Waals surface area contributed by atoms with E-state index in [1.807, 2.05) is 0 Å². The Morgan fingerprint density at radius 3 is 2.74 bits per heavy atom. The molecule has 4 nitrogen and oxygen atoms in total. The maximum Gasteiger partial charge on any atom is 0.229 e. The van der Waals surface area contributed by atoms with E-state index in [0.29, 0.717) is 12.5 Å². The van der Waals surface area contributed by atoms with Crippen molar-refractivity contribution in [1.29, 1.82) is 0 Å². The molecule has 2 N–H and O–H groups in total. The highest BCUT2D eigenvalue weighted by Gasteiger charge is 2.25. The molecule has 1 aliphatic rings. The molecule has 1 unspecified atom stereocenters. The predicted octanol–water partition coefficient (Wildman–Crippen LogP) is 2.08. The zero-order chi connectivity index (χ0) is 14.0. The zero-order valence-electron chi connectivity index (χ0n) is 9.80. The van der Waals surface area contributed by atoms with E-state index in [9.17, 15) is 18.4 Å². The van der Waals surface area contributed by atoms with E-state index in [1.165, 1.54) is 0 Å². The van der Waals surface area contributed by atoms with Crippen molar-refractivity contribution in [2.24, 2.45) is 5.92 Å². The lowest BCUT2D eigenvalue weighted by atomic mass is 9.98. The maximum atomic E-state index is 13.5. The molecule has 2 amide bonds. The molecule has 0 radical (unpaired) electrons. The van der Waals surface area contributed by atoms with Gasteiger partial charge in [0.2, 0.25) is 11.8 Å². The van der Waals surface area contributed by atoms with Crippen LogP contribution in [0.1, 0.15) is 12.8 Å². The van der Waals surface area contributed by atoms with Crippen LogP contribution in [0.5, 0.6) is 0 Å². The van der Waals surface area contributed by atoms with Crippen molar-refractivity contribution in [3.63, 3.8) is 0 Å². The molecule has 0 aliphatic carbocycles.